The third-order valence-corrected chi connectivity index (χ3v) is 4.63. The second-order valence-corrected chi connectivity index (χ2v) is 6.28. The van der Waals surface area contributed by atoms with Gasteiger partial charge in [-0.1, -0.05) is 30.3 Å². The van der Waals surface area contributed by atoms with Gasteiger partial charge in [-0.15, -0.1) is 0 Å². The van der Waals surface area contributed by atoms with Gasteiger partial charge in [0.25, 0.3) is 0 Å². The van der Waals surface area contributed by atoms with Crippen molar-refractivity contribution in [1.29, 1.82) is 0 Å². The molecule has 0 bridgehead atoms. The minimum atomic E-state index is 1.02. The molecule has 0 radical (unpaired) electrons. The number of pyridine rings is 2. The highest BCUT2D eigenvalue weighted by molar-refractivity contribution is 5.78. The summed E-state index contributed by atoms with van der Waals surface area (Å²) in [6.45, 7) is 3.28. The highest BCUT2D eigenvalue weighted by atomic mass is 15.1. The van der Waals surface area contributed by atoms with Crippen LogP contribution >= 0.6 is 0 Å². The van der Waals surface area contributed by atoms with E-state index in [9.17, 15) is 0 Å². The van der Waals surface area contributed by atoms with E-state index < -0.39 is 0 Å². The average molecular weight is 303 g/mol. The molecule has 0 spiro atoms. The van der Waals surface area contributed by atoms with E-state index in [1.54, 1.807) is 0 Å². The van der Waals surface area contributed by atoms with Gasteiger partial charge >= 0.3 is 0 Å². The van der Waals surface area contributed by atoms with Crippen molar-refractivity contribution in [1.82, 2.24) is 14.9 Å². The smallest absolute Gasteiger partial charge is 0.0736 e. The van der Waals surface area contributed by atoms with Crippen LogP contribution in [-0.4, -0.2) is 28.0 Å². The molecule has 23 heavy (non-hydrogen) atoms. The Morgan fingerprint density at radius 3 is 2.91 bits per heavy atom. The minimum absolute atomic E-state index is 1.02. The molecule has 2 aromatic heterocycles. The van der Waals surface area contributed by atoms with Crippen LogP contribution in [0.3, 0.4) is 0 Å². The van der Waals surface area contributed by atoms with Crippen LogP contribution in [0.25, 0.3) is 10.9 Å². The van der Waals surface area contributed by atoms with Crippen LogP contribution in [-0.2, 0) is 19.4 Å². The fraction of sp³-hybridized carbons (Fsp3) is 0.300. The molecule has 116 valence electrons. The first kappa shape index (κ1) is 14.3. The van der Waals surface area contributed by atoms with Crippen molar-refractivity contribution < 1.29 is 0 Å². The van der Waals surface area contributed by atoms with Crippen LogP contribution in [0.5, 0.6) is 0 Å². The van der Waals surface area contributed by atoms with Gasteiger partial charge in [0.15, 0.2) is 0 Å². The number of hydrogen-bond donors (Lipinski definition) is 0. The van der Waals surface area contributed by atoms with Crippen LogP contribution in [0, 0.1) is 0 Å². The quantitative estimate of drug-likeness (QED) is 0.737. The Morgan fingerprint density at radius 2 is 2.00 bits per heavy atom. The van der Waals surface area contributed by atoms with Gasteiger partial charge in [-0.3, -0.25) is 14.9 Å². The second-order valence-electron chi connectivity index (χ2n) is 6.28. The molecule has 3 heterocycles. The Kier molecular flexibility index (Phi) is 4.03. The molecule has 0 unspecified atom stereocenters. The summed E-state index contributed by atoms with van der Waals surface area (Å²) in [5, 5.41) is 1.15. The zero-order chi connectivity index (χ0) is 15.5. The molecule has 0 amide bonds. The molecule has 0 aliphatic carbocycles. The predicted molar refractivity (Wildman–Crippen MR) is 93.3 cm³/mol. The summed E-state index contributed by atoms with van der Waals surface area (Å²) in [5.74, 6) is 0. The Labute approximate surface area is 137 Å². The van der Waals surface area contributed by atoms with Gasteiger partial charge < -0.3 is 0 Å². The summed E-state index contributed by atoms with van der Waals surface area (Å²) in [7, 11) is 0. The minimum Gasteiger partial charge on any atom is -0.299 e. The Bertz CT molecular complexity index is 798. The maximum Gasteiger partial charge on any atom is 0.0736 e. The first-order chi connectivity index (χ1) is 11.4. The number of aromatic nitrogens is 2. The lowest BCUT2D eigenvalue weighted by atomic mass is 10.0. The molecule has 0 atom stereocenters. The lowest BCUT2D eigenvalue weighted by molar-refractivity contribution is 0.249. The summed E-state index contributed by atoms with van der Waals surface area (Å²) in [5.41, 5.74) is 5.14. The maximum atomic E-state index is 4.81. The largest absolute Gasteiger partial charge is 0.299 e. The van der Waals surface area contributed by atoms with Gasteiger partial charge in [0.2, 0.25) is 0 Å². The van der Waals surface area contributed by atoms with Gasteiger partial charge in [0.1, 0.15) is 0 Å². The van der Waals surface area contributed by atoms with Crippen LogP contribution in [0.4, 0.5) is 0 Å². The molecular formula is C20H21N3. The van der Waals surface area contributed by atoms with Crippen LogP contribution in [0.1, 0.15) is 23.2 Å². The van der Waals surface area contributed by atoms with Crippen molar-refractivity contribution in [2.75, 3.05) is 13.1 Å². The number of aryl methyl sites for hydroxylation is 1. The zero-order valence-electron chi connectivity index (χ0n) is 13.3. The first-order valence-corrected chi connectivity index (χ1v) is 8.37. The molecule has 0 N–H and O–H groups in total. The van der Waals surface area contributed by atoms with Crippen molar-refractivity contribution in [2.45, 2.75) is 25.8 Å². The van der Waals surface area contributed by atoms with E-state index in [0.717, 1.165) is 43.4 Å². The summed E-state index contributed by atoms with van der Waals surface area (Å²) in [6, 6.07) is 15.0. The van der Waals surface area contributed by atoms with Crippen molar-refractivity contribution in [2.24, 2.45) is 0 Å². The van der Waals surface area contributed by atoms with Gasteiger partial charge in [-0.05, 0) is 42.6 Å². The van der Waals surface area contributed by atoms with Crippen molar-refractivity contribution in [3.05, 3.63) is 71.7 Å². The molecular weight excluding hydrogens is 282 g/mol. The van der Waals surface area contributed by atoms with Gasteiger partial charge in [-0.25, -0.2) is 0 Å². The fourth-order valence-corrected chi connectivity index (χ4v) is 3.38. The van der Waals surface area contributed by atoms with Gasteiger partial charge in [-0.2, -0.15) is 0 Å². The molecule has 3 aromatic rings. The fourth-order valence-electron chi connectivity index (χ4n) is 3.38. The number of hydrogen-bond acceptors (Lipinski definition) is 3. The number of rotatable bonds is 4. The maximum absolute atomic E-state index is 4.81. The normalized spacial score (nSPS) is 14.8. The molecule has 4 rings (SSSR count). The lowest BCUT2D eigenvalue weighted by Crippen LogP contribution is -2.32. The molecule has 3 heteroatoms. The molecule has 0 saturated heterocycles. The monoisotopic (exact) mass is 303 g/mol. The zero-order valence-corrected chi connectivity index (χ0v) is 13.3. The Hall–Kier alpha value is -2.26. The predicted octanol–water partition coefficient (Wildman–Crippen LogP) is 3.62. The third kappa shape index (κ3) is 3.25. The van der Waals surface area contributed by atoms with E-state index in [1.807, 2.05) is 18.5 Å². The number of nitrogens with zero attached hydrogens (tertiary/aromatic N) is 3. The third-order valence-electron chi connectivity index (χ3n) is 4.63. The van der Waals surface area contributed by atoms with E-state index >= 15 is 0 Å². The molecule has 3 nitrogen and oxygen atoms in total. The van der Waals surface area contributed by atoms with E-state index in [2.05, 4.69) is 46.3 Å². The van der Waals surface area contributed by atoms with Gasteiger partial charge in [0, 0.05) is 43.0 Å². The average Bonchev–Trinajstić information content (AvgIpc) is 2.61. The lowest BCUT2D eigenvalue weighted by Gasteiger charge is -2.28. The first-order valence-electron chi connectivity index (χ1n) is 8.37. The topological polar surface area (TPSA) is 29.0 Å². The SMILES string of the molecule is c1ccc(CCCN2CCc3nc4ccncc4cc3C2)cc1. The van der Waals surface area contributed by atoms with Crippen LogP contribution in [0.2, 0.25) is 0 Å². The molecule has 1 aliphatic rings. The summed E-state index contributed by atoms with van der Waals surface area (Å²) < 4.78 is 0. The number of fused-ring (bicyclic) bond motifs is 2. The van der Waals surface area contributed by atoms with Crippen LogP contribution in [0.15, 0.2) is 54.9 Å². The van der Waals surface area contributed by atoms with E-state index in [0.29, 0.717) is 0 Å². The molecule has 0 fully saturated rings. The van der Waals surface area contributed by atoms with Crippen molar-refractivity contribution >= 4 is 10.9 Å². The standard InChI is InChI=1S/C20H21N3/c1-2-5-16(6-3-1)7-4-11-23-12-9-20-18(15-23)13-17-14-21-10-8-19(17)22-20/h1-3,5-6,8,10,13-14H,4,7,9,11-12,15H2. The van der Waals surface area contributed by atoms with E-state index in [4.69, 9.17) is 4.98 Å². The van der Waals surface area contributed by atoms with Gasteiger partial charge in [0.05, 0.1) is 5.52 Å². The second kappa shape index (κ2) is 6.47. The number of benzene rings is 1. The Balaban J connectivity index is 1.41. The highest BCUT2D eigenvalue weighted by Crippen LogP contribution is 2.22. The Morgan fingerprint density at radius 1 is 1.09 bits per heavy atom. The van der Waals surface area contributed by atoms with Crippen molar-refractivity contribution in [3.63, 3.8) is 0 Å². The van der Waals surface area contributed by atoms with Crippen molar-refractivity contribution in [3.8, 4) is 0 Å². The molecule has 1 aliphatic heterocycles. The molecule has 0 saturated carbocycles. The highest BCUT2D eigenvalue weighted by Gasteiger charge is 2.17. The van der Waals surface area contributed by atoms with E-state index in [-0.39, 0.29) is 0 Å². The van der Waals surface area contributed by atoms with E-state index in [1.165, 1.54) is 23.2 Å². The molecule has 1 aromatic carbocycles. The summed E-state index contributed by atoms with van der Waals surface area (Å²) in [4.78, 5) is 11.6. The van der Waals surface area contributed by atoms with Crippen LogP contribution < -0.4 is 0 Å². The summed E-state index contributed by atoms with van der Waals surface area (Å²) >= 11 is 0. The summed E-state index contributed by atoms with van der Waals surface area (Å²) in [6.07, 6.45) is 7.16.